The molecule has 0 saturated heterocycles. The first kappa shape index (κ1) is 20.9. The number of amides is 1. The van der Waals surface area contributed by atoms with Gasteiger partial charge in [-0.2, -0.15) is 4.99 Å². The average Bonchev–Trinajstić information content (AvgIpc) is 3.06. The van der Waals surface area contributed by atoms with Gasteiger partial charge in [-0.1, -0.05) is 55.5 Å². The Balaban J connectivity index is 2.03. The van der Waals surface area contributed by atoms with E-state index in [1.54, 1.807) is 20.3 Å². The highest BCUT2D eigenvalue weighted by Crippen LogP contribution is 2.35. The number of carbonyl (C=O) groups is 1. The Morgan fingerprint density at radius 2 is 1.79 bits per heavy atom. The Bertz CT molecular complexity index is 1090. The first-order valence-corrected chi connectivity index (χ1v) is 10.3. The summed E-state index contributed by atoms with van der Waals surface area (Å²) in [5.41, 5.74) is 3.06. The molecule has 3 rings (SSSR count). The van der Waals surface area contributed by atoms with E-state index in [1.807, 2.05) is 28.8 Å². The molecule has 0 unspecified atom stereocenters. The minimum Gasteiger partial charge on any atom is -0.495 e. The molecule has 0 spiro atoms. The average molecular weight is 411 g/mol. The van der Waals surface area contributed by atoms with Gasteiger partial charge in [-0.3, -0.25) is 4.79 Å². The fourth-order valence-electron chi connectivity index (χ4n) is 3.18. The van der Waals surface area contributed by atoms with E-state index in [0.29, 0.717) is 23.0 Å². The summed E-state index contributed by atoms with van der Waals surface area (Å²) in [4.78, 5) is 17.7. The zero-order valence-corrected chi connectivity index (χ0v) is 18.1. The van der Waals surface area contributed by atoms with Gasteiger partial charge in [-0.25, -0.2) is 0 Å². The molecule has 0 N–H and O–H groups in total. The van der Waals surface area contributed by atoms with Crippen LogP contribution in [-0.4, -0.2) is 24.7 Å². The molecule has 0 radical (unpaired) electrons. The summed E-state index contributed by atoms with van der Waals surface area (Å²) < 4.78 is 13.9. The van der Waals surface area contributed by atoms with E-state index in [9.17, 15) is 4.79 Å². The molecule has 1 heterocycles. The van der Waals surface area contributed by atoms with Crippen LogP contribution < -0.4 is 14.3 Å². The van der Waals surface area contributed by atoms with Gasteiger partial charge in [0.2, 0.25) is 0 Å². The molecule has 3 aromatic rings. The quantitative estimate of drug-likeness (QED) is 0.531. The Labute approximate surface area is 174 Å². The Kier molecular flexibility index (Phi) is 6.54. The minimum absolute atomic E-state index is 0.190. The molecule has 6 heteroatoms. The van der Waals surface area contributed by atoms with E-state index in [4.69, 9.17) is 9.47 Å². The molecule has 0 fully saturated rings. The van der Waals surface area contributed by atoms with Crippen LogP contribution in [0, 0.1) is 0 Å². The third kappa shape index (κ3) is 4.43. The summed E-state index contributed by atoms with van der Waals surface area (Å²) in [6.45, 7) is 8.65. The van der Waals surface area contributed by atoms with Crippen molar-refractivity contribution in [3.05, 3.63) is 65.0 Å². The smallest absolute Gasteiger partial charge is 0.252 e. The number of carbonyl (C=O) groups excluding carboxylic acids is 1. The van der Waals surface area contributed by atoms with Gasteiger partial charge >= 0.3 is 0 Å². The zero-order chi connectivity index (χ0) is 21.0. The highest BCUT2D eigenvalue weighted by molar-refractivity contribution is 7.16. The number of fused-ring (bicyclic) bond motifs is 1. The fourth-order valence-corrected chi connectivity index (χ4v) is 4.34. The number of nitrogens with zero attached hydrogens (tertiary/aromatic N) is 2. The summed E-state index contributed by atoms with van der Waals surface area (Å²) in [5, 5.41) is 0. The molecule has 2 aromatic carbocycles. The van der Waals surface area contributed by atoms with E-state index in [0.717, 1.165) is 21.5 Å². The Morgan fingerprint density at radius 1 is 1.14 bits per heavy atom. The van der Waals surface area contributed by atoms with Crippen molar-refractivity contribution in [2.45, 2.75) is 32.7 Å². The molecule has 0 aliphatic heterocycles. The first-order chi connectivity index (χ1) is 14.0. The monoisotopic (exact) mass is 410 g/mol. The Hall–Kier alpha value is -2.86. The number of rotatable bonds is 7. The lowest BCUT2D eigenvalue weighted by molar-refractivity contribution is -0.117. The zero-order valence-electron chi connectivity index (χ0n) is 17.3. The van der Waals surface area contributed by atoms with Crippen molar-refractivity contribution in [3.8, 4) is 11.5 Å². The maximum Gasteiger partial charge on any atom is 0.252 e. The molecule has 1 aromatic heterocycles. The number of hydrogen-bond acceptors (Lipinski definition) is 4. The standard InChI is InChI=1S/C23H26N2O3S/c1-6-13-25-21-18(27-4)11-12-19(28-5)22(21)29-23(25)24-20(26)14-16-7-9-17(10-8-16)15(2)3/h6-12,15H,1,13-14H2,2-5H3. The maximum absolute atomic E-state index is 12.7. The lowest BCUT2D eigenvalue weighted by atomic mass is 10.0. The van der Waals surface area contributed by atoms with Crippen LogP contribution >= 0.6 is 11.3 Å². The van der Waals surface area contributed by atoms with Gasteiger partial charge in [0.15, 0.2) is 4.80 Å². The molecular formula is C23H26N2O3S. The number of methoxy groups -OCH3 is 2. The van der Waals surface area contributed by atoms with Gasteiger partial charge < -0.3 is 14.0 Å². The lowest BCUT2D eigenvalue weighted by Crippen LogP contribution is -2.17. The molecule has 0 bridgehead atoms. The summed E-state index contributed by atoms with van der Waals surface area (Å²) in [5.74, 6) is 1.70. The highest BCUT2D eigenvalue weighted by atomic mass is 32.1. The molecule has 1 amide bonds. The lowest BCUT2D eigenvalue weighted by Gasteiger charge is -2.08. The molecule has 152 valence electrons. The van der Waals surface area contributed by atoms with E-state index < -0.39 is 0 Å². The van der Waals surface area contributed by atoms with Crippen molar-refractivity contribution in [2.75, 3.05) is 14.2 Å². The van der Waals surface area contributed by atoms with Gasteiger partial charge in [-0.05, 0) is 29.2 Å². The normalized spacial score (nSPS) is 11.8. The summed E-state index contributed by atoms with van der Waals surface area (Å²) >= 11 is 1.41. The van der Waals surface area contributed by atoms with E-state index in [1.165, 1.54) is 16.9 Å². The molecule has 29 heavy (non-hydrogen) atoms. The van der Waals surface area contributed by atoms with Crippen molar-refractivity contribution in [1.82, 2.24) is 4.57 Å². The number of allylic oxidation sites excluding steroid dienone is 1. The second-order valence-electron chi connectivity index (χ2n) is 7.01. The predicted molar refractivity (Wildman–Crippen MR) is 118 cm³/mol. The van der Waals surface area contributed by atoms with Crippen LogP contribution in [-0.2, 0) is 17.8 Å². The van der Waals surface area contributed by atoms with Crippen LogP contribution in [0.5, 0.6) is 11.5 Å². The van der Waals surface area contributed by atoms with E-state index in [-0.39, 0.29) is 12.3 Å². The van der Waals surface area contributed by atoms with Crippen LogP contribution in [0.3, 0.4) is 0 Å². The second kappa shape index (κ2) is 9.09. The number of benzene rings is 2. The van der Waals surface area contributed by atoms with Gasteiger partial charge in [0.05, 0.1) is 20.6 Å². The molecule has 5 nitrogen and oxygen atoms in total. The van der Waals surface area contributed by atoms with Gasteiger partial charge in [0.1, 0.15) is 21.7 Å². The summed E-state index contributed by atoms with van der Waals surface area (Å²) in [6.07, 6.45) is 2.04. The molecule has 0 saturated carbocycles. The van der Waals surface area contributed by atoms with Crippen molar-refractivity contribution in [3.63, 3.8) is 0 Å². The van der Waals surface area contributed by atoms with Crippen LogP contribution in [0.4, 0.5) is 0 Å². The van der Waals surface area contributed by atoms with Crippen molar-refractivity contribution in [1.29, 1.82) is 0 Å². The second-order valence-corrected chi connectivity index (χ2v) is 7.99. The van der Waals surface area contributed by atoms with Gasteiger partial charge in [0.25, 0.3) is 5.91 Å². The minimum atomic E-state index is -0.190. The Morgan fingerprint density at radius 3 is 2.38 bits per heavy atom. The molecule has 0 aliphatic carbocycles. The number of hydrogen-bond donors (Lipinski definition) is 0. The maximum atomic E-state index is 12.7. The molecular weight excluding hydrogens is 384 g/mol. The van der Waals surface area contributed by atoms with Crippen LogP contribution in [0.2, 0.25) is 0 Å². The van der Waals surface area contributed by atoms with Gasteiger partial charge in [-0.15, -0.1) is 6.58 Å². The van der Waals surface area contributed by atoms with Crippen molar-refractivity contribution < 1.29 is 14.3 Å². The van der Waals surface area contributed by atoms with E-state index in [2.05, 4.69) is 37.6 Å². The first-order valence-electron chi connectivity index (χ1n) is 9.50. The number of aromatic nitrogens is 1. The molecule has 0 aliphatic rings. The predicted octanol–water partition coefficient (Wildman–Crippen LogP) is 4.70. The van der Waals surface area contributed by atoms with Crippen LogP contribution in [0.15, 0.2) is 54.0 Å². The molecule has 0 atom stereocenters. The van der Waals surface area contributed by atoms with Crippen molar-refractivity contribution in [2.24, 2.45) is 4.99 Å². The van der Waals surface area contributed by atoms with Crippen LogP contribution in [0.25, 0.3) is 10.2 Å². The largest absolute Gasteiger partial charge is 0.495 e. The highest BCUT2D eigenvalue weighted by Gasteiger charge is 2.16. The number of ether oxygens (including phenoxy) is 2. The van der Waals surface area contributed by atoms with Gasteiger partial charge in [0, 0.05) is 6.54 Å². The SMILES string of the molecule is C=CCn1c(=NC(=O)Cc2ccc(C(C)C)cc2)sc2c(OC)ccc(OC)c21. The third-order valence-corrected chi connectivity index (χ3v) is 5.82. The van der Waals surface area contributed by atoms with E-state index >= 15 is 0 Å². The third-order valence-electron chi connectivity index (χ3n) is 4.73. The fraction of sp³-hybridized carbons (Fsp3) is 0.304. The number of thiazole rings is 1. The van der Waals surface area contributed by atoms with Crippen molar-refractivity contribution >= 4 is 27.5 Å². The topological polar surface area (TPSA) is 52.8 Å². The summed E-state index contributed by atoms with van der Waals surface area (Å²) in [6, 6.07) is 11.9. The summed E-state index contributed by atoms with van der Waals surface area (Å²) in [7, 11) is 3.25. The van der Waals surface area contributed by atoms with Crippen LogP contribution in [0.1, 0.15) is 30.9 Å².